The standard InChI is InChI=1S/2C17H16O4/c1-18-10-4-6-13-15(7-10)20-9-14-12-5-3-11(19-2)8-16(12)21-17(13)14;1-20-13-10-15(19)17(16(11-13)21-2)14(18)9-8-12-6-4-3-5-7-12/h3-8,14,17H,9H2,1-2H3;3-11,19H,1-2H3. The van der Waals surface area contributed by atoms with E-state index in [1.54, 1.807) is 26.4 Å². The summed E-state index contributed by atoms with van der Waals surface area (Å²) in [6.45, 7) is 0.615. The van der Waals surface area contributed by atoms with Gasteiger partial charge in [0.2, 0.25) is 0 Å². The quantitative estimate of drug-likeness (QED) is 0.196. The summed E-state index contributed by atoms with van der Waals surface area (Å²) in [5, 5.41) is 9.99. The molecule has 2 aliphatic rings. The molecule has 6 rings (SSSR count). The van der Waals surface area contributed by atoms with E-state index in [4.69, 9.17) is 28.4 Å². The number of ether oxygens (including phenoxy) is 6. The molecule has 0 aromatic heterocycles. The molecule has 0 saturated carbocycles. The number of phenolic OH excluding ortho intramolecular Hbond substituents is 1. The van der Waals surface area contributed by atoms with E-state index >= 15 is 0 Å². The number of carbonyl (C=O) groups excluding carboxylic acids is 1. The number of aromatic hydroxyl groups is 1. The van der Waals surface area contributed by atoms with Crippen LogP contribution < -0.4 is 28.4 Å². The summed E-state index contributed by atoms with van der Waals surface area (Å²) in [4.78, 5) is 12.3. The fourth-order valence-electron chi connectivity index (χ4n) is 4.99. The Morgan fingerprint density at radius 3 is 2.12 bits per heavy atom. The molecule has 0 spiro atoms. The summed E-state index contributed by atoms with van der Waals surface area (Å²) in [7, 11) is 6.23. The number of methoxy groups -OCH3 is 4. The molecule has 2 atom stereocenters. The average Bonchev–Trinajstić information content (AvgIpc) is 3.41. The van der Waals surface area contributed by atoms with Gasteiger partial charge >= 0.3 is 0 Å². The number of hydrogen-bond donors (Lipinski definition) is 1. The summed E-state index contributed by atoms with van der Waals surface area (Å²) in [6.07, 6.45) is 3.09. The Bertz CT molecular complexity index is 1600. The van der Waals surface area contributed by atoms with E-state index in [1.165, 1.54) is 31.9 Å². The van der Waals surface area contributed by atoms with Crippen molar-refractivity contribution in [3.05, 3.63) is 107 Å². The molecular formula is C34H32O8. The van der Waals surface area contributed by atoms with Gasteiger partial charge in [-0.1, -0.05) is 42.5 Å². The van der Waals surface area contributed by atoms with Crippen LogP contribution in [-0.2, 0) is 0 Å². The molecule has 1 N–H and O–H groups in total. The Labute approximate surface area is 244 Å². The van der Waals surface area contributed by atoms with Gasteiger partial charge in [-0.25, -0.2) is 0 Å². The zero-order chi connectivity index (χ0) is 29.6. The van der Waals surface area contributed by atoms with Crippen molar-refractivity contribution in [3.63, 3.8) is 0 Å². The molecule has 0 saturated heterocycles. The van der Waals surface area contributed by atoms with Crippen LogP contribution in [0.5, 0.6) is 40.2 Å². The van der Waals surface area contributed by atoms with Gasteiger partial charge in [-0.05, 0) is 29.8 Å². The predicted molar refractivity (Wildman–Crippen MR) is 159 cm³/mol. The molecule has 0 radical (unpaired) electrons. The van der Waals surface area contributed by atoms with Gasteiger partial charge in [0, 0.05) is 35.4 Å². The summed E-state index contributed by atoms with van der Waals surface area (Å²) < 4.78 is 32.7. The third kappa shape index (κ3) is 5.83. The van der Waals surface area contributed by atoms with E-state index in [0.717, 1.165) is 34.1 Å². The van der Waals surface area contributed by atoms with Crippen LogP contribution in [0.3, 0.4) is 0 Å². The summed E-state index contributed by atoms with van der Waals surface area (Å²) in [6, 6.07) is 24.2. The Kier molecular flexibility index (Phi) is 8.52. The highest BCUT2D eigenvalue weighted by molar-refractivity contribution is 6.10. The van der Waals surface area contributed by atoms with Crippen molar-refractivity contribution in [2.45, 2.75) is 12.0 Å². The molecule has 8 heteroatoms. The summed E-state index contributed by atoms with van der Waals surface area (Å²) >= 11 is 0. The number of ketones is 1. The predicted octanol–water partition coefficient (Wildman–Crippen LogP) is 6.62. The molecule has 216 valence electrons. The van der Waals surface area contributed by atoms with Crippen LogP contribution in [0, 0.1) is 0 Å². The maximum absolute atomic E-state index is 12.3. The first-order chi connectivity index (χ1) is 20.4. The molecule has 2 heterocycles. The van der Waals surface area contributed by atoms with Crippen molar-refractivity contribution in [2.24, 2.45) is 0 Å². The first-order valence-corrected chi connectivity index (χ1v) is 13.3. The zero-order valence-electron chi connectivity index (χ0n) is 23.8. The molecule has 4 aromatic carbocycles. The first kappa shape index (κ1) is 28.4. The maximum Gasteiger partial charge on any atom is 0.193 e. The lowest BCUT2D eigenvalue weighted by atomic mass is 9.89. The second kappa shape index (κ2) is 12.6. The number of allylic oxidation sites excluding steroid dienone is 1. The van der Waals surface area contributed by atoms with Gasteiger partial charge in [0.1, 0.15) is 51.9 Å². The number of benzene rings is 4. The molecule has 0 fully saturated rings. The SMILES string of the molecule is COc1cc(O)c(C(=O)C=Cc2ccccc2)c(OC)c1.COc1ccc2c(c1)OC1c3ccc(OC)cc3OCC21. The van der Waals surface area contributed by atoms with Crippen molar-refractivity contribution in [1.29, 1.82) is 0 Å². The highest BCUT2D eigenvalue weighted by Gasteiger charge is 2.40. The molecule has 0 amide bonds. The number of rotatable bonds is 7. The lowest BCUT2D eigenvalue weighted by Crippen LogP contribution is -2.23. The normalized spacial score (nSPS) is 16.0. The van der Waals surface area contributed by atoms with Crippen molar-refractivity contribution >= 4 is 11.9 Å². The molecule has 8 nitrogen and oxygen atoms in total. The van der Waals surface area contributed by atoms with E-state index in [0.29, 0.717) is 12.4 Å². The molecule has 2 aliphatic heterocycles. The largest absolute Gasteiger partial charge is 0.507 e. The smallest absolute Gasteiger partial charge is 0.193 e. The zero-order valence-corrected chi connectivity index (χ0v) is 23.8. The molecule has 4 aromatic rings. The van der Waals surface area contributed by atoms with Crippen LogP contribution in [0.15, 0.2) is 84.9 Å². The highest BCUT2D eigenvalue weighted by atomic mass is 16.5. The van der Waals surface area contributed by atoms with E-state index in [2.05, 4.69) is 6.07 Å². The van der Waals surface area contributed by atoms with Gasteiger partial charge < -0.3 is 33.5 Å². The molecule has 2 unspecified atom stereocenters. The van der Waals surface area contributed by atoms with Crippen molar-refractivity contribution in [2.75, 3.05) is 35.0 Å². The topological polar surface area (TPSA) is 92.7 Å². The van der Waals surface area contributed by atoms with E-state index in [9.17, 15) is 9.90 Å². The van der Waals surface area contributed by atoms with Crippen LogP contribution in [0.4, 0.5) is 0 Å². The minimum atomic E-state index is -0.337. The summed E-state index contributed by atoms with van der Waals surface area (Å²) in [5.74, 6) is 3.75. The van der Waals surface area contributed by atoms with Gasteiger partial charge in [-0.3, -0.25) is 4.79 Å². The monoisotopic (exact) mass is 568 g/mol. The third-order valence-electron chi connectivity index (χ3n) is 7.17. The molecular weight excluding hydrogens is 536 g/mol. The summed E-state index contributed by atoms with van der Waals surface area (Å²) in [5.41, 5.74) is 3.27. The van der Waals surface area contributed by atoms with Crippen molar-refractivity contribution in [3.8, 4) is 40.2 Å². The first-order valence-electron chi connectivity index (χ1n) is 13.3. The van der Waals surface area contributed by atoms with Crippen molar-refractivity contribution in [1.82, 2.24) is 0 Å². The lowest BCUT2D eigenvalue weighted by Gasteiger charge is -2.28. The number of hydrogen-bond acceptors (Lipinski definition) is 8. The van der Waals surface area contributed by atoms with Gasteiger partial charge in [0.25, 0.3) is 0 Å². The van der Waals surface area contributed by atoms with Crippen LogP contribution in [0.2, 0.25) is 0 Å². The minimum absolute atomic E-state index is 0.00163. The van der Waals surface area contributed by atoms with Gasteiger partial charge in [0.05, 0.1) is 41.0 Å². The molecule has 42 heavy (non-hydrogen) atoms. The molecule has 0 bridgehead atoms. The van der Waals surface area contributed by atoms with Crippen LogP contribution in [0.1, 0.15) is 39.1 Å². The lowest BCUT2D eigenvalue weighted by molar-refractivity contribution is 0.104. The Morgan fingerprint density at radius 1 is 0.786 bits per heavy atom. The highest BCUT2D eigenvalue weighted by Crippen LogP contribution is 2.52. The van der Waals surface area contributed by atoms with Crippen LogP contribution in [-0.4, -0.2) is 45.9 Å². The van der Waals surface area contributed by atoms with E-state index in [-0.39, 0.29) is 34.9 Å². The van der Waals surface area contributed by atoms with Crippen molar-refractivity contribution < 1.29 is 38.3 Å². The number of fused-ring (bicyclic) bond motifs is 5. The van der Waals surface area contributed by atoms with Gasteiger partial charge in [-0.15, -0.1) is 0 Å². The van der Waals surface area contributed by atoms with Gasteiger partial charge in [0.15, 0.2) is 5.78 Å². The fraction of sp³-hybridized carbons (Fsp3) is 0.206. The van der Waals surface area contributed by atoms with E-state index < -0.39 is 0 Å². The second-order valence-corrected chi connectivity index (χ2v) is 9.60. The molecule has 0 aliphatic carbocycles. The minimum Gasteiger partial charge on any atom is -0.507 e. The maximum atomic E-state index is 12.3. The third-order valence-corrected chi connectivity index (χ3v) is 7.17. The number of phenols is 1. The fourth-order valence-corrected chi connectivity index (χ4v) is 4.99. The van der Waals surface area contributed by atoms with Gasteiger partial charge in [-0.2, -0.15) is 0 Å². The number of carbonyl (C=O) groups is 1. The van der Waals surface area contributed by atoms with Crippen LogP contribution >= 0.6 is 0 Å². The van der Waals surface area contributed by atoms with E-state index in [1.807, 2.05) is 60.7 Å². The van der Waals surface area contributed by atoms with Crippen LogP contribution in [0.25, 0.3) is 6.08 Å². The second-order valence-electron chi connectivity index (χ2n) is 9.60. The Balaban J connectivity index is 0.000000168. The average molecular weight is 569 g/mol. The Hall–Kier alpha value is -5.11. The Morgan fingerprint density at radius 2 is 1.45 bits per heavy atom.